The van der Waals surface area contributed by atoms with Crippen LogP contribution in [0.5, 0.6) is 0 Å². The second kappa shape index (κ2) is 13.8. The number of aromatic amines is 2. The molecule has 0 radical (unpaired) electrons. The summed E-state index contributed by atoms with van der Waals surface area (Å²) in [5.74, 6) is 1.13. The summed E-state index contributed by atoms with van der Waals surface area (Å²) in [5, 5.41) is 3.96. The topological polar surface area (TPSA) is 67.2 Å². The number of rotatable bonds is 6. The second-order valence-electron chi connectivity index (χ2n) is 17.7. The fourth-order valence-corrected chi connectivity index (χ4v) is 11.5. The van der Waals surface area contributed by atoms with E-state index in [-0.39, 0.29) is 0 Å². The van der Waals surface area contributed by atoms with Crippen LogP contribution in [0, 0.1) is 0 Å². The summed E-state index contributed by atoms with van der Waals surface area (Å²) in [4.78, 5) is 17.0. The summed E-state index contributed by atoms with van der Waals surface area (Å²) in [6, 6.07) is 48.4. The zero-order valence-corrected chi connectivity index (χ0v) is 35.2. The molecule has 0 bridgehead atoms. The van der Waals surface area contributed by atoms with Crippen LogP contribution in [0.3, 0.4) is 0 Å². The van der Waals surface area contributed by atoms with Crippen molar-refractivity contribution in [3.8, 4) is 56.1 Å². The number of H-pyrrole nitrogens is 2. The molecular formula is C58H42N6. The highest BCUT2D eigenvalue weighted by Crippen LogP contribution is 2.52. The molecule has 11 aromatic rings. The summed E-state index contributed by atoms with van der Waals surface area (Å²) in [5.41, 5.74) is 25.8. The van der Waals surface area contributed by atoms with Crippen molar-refractivity contribution in [2.24, 2.45) is 0 Å². The van der Waals surface area contributed by atoms with Crippen LogP contribution in [-0.4, -0.2) is 29.1 Å². The van der Waals surface area contributed by atoms with E-state index in [9.17, 15) is 0 Å². The number of benzene rings is 5. The number of aryl methyl sites for hydroxylation is 4. The van der Waals surface area contributed by atoms with Gasteiger partial charge in [0, 0.05) is 75.1 Å². The predicted octanol–water partition coefficient (Wildman–Crippen LogP) is 13.5. The van der Waals surface area contributed by atoms with Gasteiger partial charge in [-0.3, -0.25) is 14.5 Å². The van der Waals surface area contributed by atoms with Gasteiger partial charge in [0.15, 0.2) is 0 Å². The molecule has 0 aliphatic heterocycles. The van der Waals surface area contributed by atoms with E-state index in [1.165, 1.54) is 94.0 Å². The number of fused-ring (bicyclic) bond motifs is 8. The van der Waals surface area contributed by atoms with Crippen molar-refractivity contribution in [1.29, 1.82) is 0 Å². The Kier molecular flexibility index (Phi) is 7.66. The molecule has 0 saturated carbocycles. The second-order valence-corrected chi connectivity index (χ2v) is 17.7. The molecule has 6 heteroatoms. The van der Waals surface area contributed by atoms with Gasteiger partial charge in [-0.05, 0) is 149 Å². The van der Waals surface area contributed by atoms with Gasteiger partial charge in [-0.1, -0.05) is 78.9 Å². The smallest absolute Gasteiger partial charge is 0.114 e. The van der Waals surface area contributed by atoms with Crippen LogP contribution in [0.15, 0.2) is 164 Å². The van der Waals surface area contributed by atoms with Crippen molar-refractivity contribution < 1.29 is 0 Å². The standard InChI is InChI=1S/C58H42N6/c1-3-8-35(9-4-1)41-15-21-50(61-32-41)37-17-23-52-46(28-37)48-30-39-13-14-40-31-49-47-29-38(51-22-16-42(33-62-51)36-10-5-2-6-11-36)18-24-53(47)64(54-12-7-26-60-54)58(49)45-20-19-44(55(39)56(40)45)57(48)63(52)43-25-27-59-34-43/h1-12,15-17,21-23,25-34,59-60H,13-14,18-20,24H2. The lowest BCUT2D eigenvalue weighted by Crippen LogP contribution is -2.16. The van der Waals surface area contributed by atoms with Gasteiger partial charge >= 0.3 is 0 Å². The Balaban J connectivity index is 0.949. The first kappa shape index (κ1) is 35.6. The van der Waals surface area contributed by atoms with E-state index in [1.807, 2.05) is 18.6 Å². The lowest BCUT2D eigenvalue weighted by atomic mass is 9.73. The lowest BCUT2D eigenvalue weighted by molar-refractivity contribution is 0.862. The van der Waals surface area contributed by atoms with Gasteiger partial charge in [0.2, 0.25) is 0 Å². The summed E-state index contributed by atoms with van der Waals surface area (Å²) in [7, 11) is 0. The molecule has 64 heavy (non-hydrogen) atoms. The average molecular weight is 823 g/mol. The van der Waals surface area contributed by atoms with Crippen LogP contribution in [0.4, 0.5) is 0 Å². The number of nitrogens with zero attached hydrogens (tertiary/aromatic N) is 4. The maximum Gasteiger partial charge on any atom is 0.114 e. The van der Waals surface area contributed by atoms with Crippen LogP contribution in [0.25, 0.3) is 101 Å². The Morgan fingerprint density at radius 3 is 1.80 bits per heavy atom. The Hall–Kier alpha value is -7.96. The molecular weight excluding hydrogens is 781 g/mol. The Bertz CT molecular complexity index is 3660. The van der Waals surface area contributed by atoms with E-state index in [1.54, 1.807) is 0 Å². The maximum atomic E-state index is 5.04. The summed E-state index contributed by atoms with van der Waals surface area (Å²) in [6.07, 6.45) is 18.6. The third kappa shape index (κ3) is 5.26. The number of nitrogens with one attached hydrogen (secondary N) is 2. The first-order valence-electron chi connectivity index (χ1n) is 22.6. The molecule has 0 atom stereocenters. The van der Waals surface area contributed by atoms with Crippen molar-refractivity contribution in [2.45, 2.75) is 38.5 Å². The molecule has 0 saturated heterocycles. The van der Waals surface area contributed by atoms with E-state index >= 15 is 0 Å². The number of hydrogen-bond donors (Lipinski definition) is 2. The minimum absolute atomic E-state index is 0.947. The molecule has 3 aliphatic carbocycles. The SMILES string of the molecule is C1=C(c2ccc(-c3ccccc3)cn2)CCc2c1c1cc3c4c(c1n2-c1ccc[nH]1)CCc1c-4c(cc2c4cc(-c5ccc(-c6ccccc6)cn5)ccc4n(-c4cc[nH]c4)c12)CC3. The fraction of sp³-hybridized carbons (Fsp3) is 0.103. The molecule has 6 nitrogen and oxygen atoms in total. The van der Waals surface area contributed by atoms with Crippen LogP contribution in [0.2, 0.25) is 0 Å². The minimum Gasteiger partial charge on any atom is -0.366 e. The number of aromatic nitrogens is 6. The minimum atomic E-state index is 0.947. The number of allylic oxidation sites excluding steroid dienone is 1. The van der Waals surface area contributed by atoms with Crippen molar-refractivity contribution >= 4 is 44.4 Å². The van der Waals surface area contributed by atoms with Crippen LogP contribution in [0.1, 0.15) is 45.6 Å². The first-order chi connectivity index (χ1) is 31.7. The molecule has 0 fully saturated rings. The van der Waals surface area contributed by atoms with E-state index in [4.69, 9.17) is 9.97 Å². The van der Waals surface area contributed by atoms with Crippen LogP contribution in [-0.2, 0) is 32.1 Å². The molecule has 2 N–H and O–H groups in total. The average Bonchev–Trinajstić information content (AvgIpc) is 4.20. The molecule has 14 rings (SSSR count). The highest BCUT2D eigenvalue weighted by Gasteiger charge is 2.34. The molecule has 304 valence electrons. The maximum absolute atomic E-state index is 5.04. The molecule has 6 aromatic heterocycles. The van der Waals surface area contributed by atoms with Gasteiger partial charge in [-0.2, -0.15) is 0 Å². The monoisotopic (exact) mass is 822 g/mol. The van der Waals surface area contributed by atoms with Gasteiger partial charge in [-0.15, -0.1) is 0 Å². The van der Waals surface area contributed by atoms with E-state index in [0.29, 0.717) is 0 Å². The molecule has 0 spiro atoms. The molecule has 5 aromatic carbocycles. The van der Waals surface area contributed by atoms with Crippen LogP contribution < -0.4 is 0 Å². The predicted molar refractivity (Wildman–Crippen MR) is 261 cm³/mol. The Morgan fingerprint density at radius 2 is 1.16 bits per heavy atom. The lowest BCUT2D eigenvalue weighted by Gasteiger charge is -2.31. The normalized spacial score (nSPS) is 14.0. The van der Waals surface area contributed by atoms with E-state index in [2.05, 4.69) is 171 Å². The summed E-state index contributed by atoms with van der Waals surface area (Å²) >= 11 is 0. The summed E-state index contributed by atoms with van der Waals surface area (Å²) < 4.78 is 5.08. The zero-order valence-electron chi connectivity index (χ0n) is 35.2. The van der Waals surface area contributed by atoms with Gasteiger partial charge in [0.05, 0.1) is 33.6 Å². The number of pyridine rings is 2. The van der Waals surface area contributed by atoms with Gasteiger partial charge in [0.1, 0.15) is 5.82 Å². The molecule has 0 unspecified atom stereocenters. The van der Waals surface area contributed by atoms with Crippen molar-refractivity contribution in [3.05, 3.63) is 204 Å². The third-order valence-corrected chi connectivity index (χ3v) is 14.3. The van der Waals surface area contributed by atoms with E-state index in [0.717, 1.165) is 78.1 Å². The van der Waals surface area contributed by atoms with Gasteiger partial charge < -0.3 is 14.5 Å². The molecule has 0 amide bonds. The zero-order chi connectivity index (χ0) is 41.9. The van der Waals surface area contributed by atoms with Gasteiger partial charge in [0.25, 0.3) is 0 Å². The Labute approximate surface area is 370 Å². The first-order valence-corrected chi connectivity index (χ1v) is 22.6. The third-order valence-electron chi connectivity index (χ3n) is 14.3. The molecule has 3 aliphatic rings. The van der Waals surface area contributed by atoms with Gasteiger partial charge in [-0.25, -0.2) is 0 Å². The summed E-state index contributed by atoms with van der Waals surface area (Å²) in [6.45, 7) is 0. The quantitative estimate of drug-likeness (QED) is 0.175. The van der Waals surface area contributed by atoms with Crippen molar-refractivity contribution in [1.82, 2.24) is 29.1 Å². The number of hydrogen-bond acceptors (Lipinski definition) is 2. The van der Waals surface area contributed by atoms with Crippen LogP contribution >= 0.6 is 0 Å². The largest absolute Gasteiger partial charge is 0.366 e. The molecule has 6 heterocycles. The fourth-order valence-electron chi connectivity index (χ4n) is 11.5. The van der Waals surface area contributed by atoms with E-state index < -0.39 is 0 Å². The Morgan fingerprint density at radius 1 is 0.484 bits per heavy atom. The highest BCUT2D eigenvalue weighted by atomic mass is 15.1. The van der Waals surface area contributed by atoms with Crippen molar-refractivity contribution in [2.75, 3.05) is 0 Å². The van der Waals surface area contributed by atoms with Crippen molar-refractivity contribution in [3.63, 3.8) is 0 Å². The highest BCUT2D eigenvalue weighted by molar-refractivity contribution is 6.14.